The summed E-state index contributed by atoms with van der Waals surface area (Å²) < 4.78 is 25.2. The van der Waals surface area contributed by atoms with Gasteiger partial charge in [-0.25, -0.2) is 12.7 Å². The van der Waals surface area contributed by atoms with Gasteiger partial charge in [-0.15, -0.1) is 0 Å². The van der Waals surface area contributed by atoms with Crippen LogP contribution in [0.3, 0.4) is 0 Å². The maximum atomic E-state index is 12.1. The molecular weight excluding hydrogens is 238 g/mol. The lowest BCUT2D eigenvalue weighted by Crippen LogP contribution is -2.60. The maximum absolute atomic E-state index is 12.1. The molecule has 92 valence electrons. The number of β-lactam (4-membered cyclic amide) rings is 1. The summed E-state index contributed by atoms with van der Waals surface area (Å²) in [5.41, 5.74) is 0.428. The number of nitrogens with zero attached hydrogens (tertiary/aromatic N) is 1. The van der Waals surface area contributed by atoms with Gasteiger partial charge in [-0.2, -0.15) is 0 Å². The Labute approximate surface area is 101 Å². The van der Waals surface area contributed by atoms with Crippen molar-refractivity contribution < 1.29 is 13.2 Å². The molecule has 1 fully saturated rings. The van der Waals surface area contributed by atoms with Crippen molar-refractivity contribution in [2.45, 2.75) is 25.7 Å². The van der Waals surface area contributed by atoms with Gasteiger partial charge in [-0.3, -0.25) is 4.79 Å². The second kappa shape index (κ2) is 3.57. The van der Waals surface area contributed by atoms with Crippen molar-refractivity contribution in [1.82, 2.24) is 4.31 Å². The molecule has 1 amide bonds. The number of carbonyl (C=O) groups excluding carboxylic acids is 1. The molecule has 1 aliphatic heterocycles. The van der Waals surface area contributed by atoms with Crippen molar-refractivity contribution in [1.29, 1.82) is 0 Å². The second-order valence-corrected chi connectivity index (χ2v) is 6.88. The lowest BCUT2D eigenvalue weighted by atomic mass is 9.86. The van der Waals surface area contributed by atoms with Gasteiger partial charge < -0.3 is 0 Å². The molecule has 4 nitrogen and oxygen atoms in total. The summed E-state index contributed by atoms with van der Waals surface area (Å²) in [6.07, 6.45) is 0. The molecule has 17 heavy (non-hydrogen) atoms. The number of hydrogen-bond donors (Lipinski definition) is 0. The molecule has 1 aliphatic rings. The van der Waals surface area contributed by atoms with Crippen LogP contribution in [0.1, 0.15) is 19.4 Å². The Balaban J connectivity index is 2.33. The van der Waals surface area contributed by atoms with E-state index < -0.39 is 15.4 Å². The zero-order chi connectivity index (χ0) is 12.8. The van der Waals surface area contributed by atoms with E-state index >= 15 is 0 Å². The van der Waals surface area contributed by atoms with Crippen molar-refractivity contribution in [2.24, 2.45) is 5.41 Å². The SMILES string of the molecule is Cc1ccc(S(=O)(=O)N2CC(C)(C)C2=O)cc1. The van der Waals surface area contributed by atoms with Crippen molar-refractivity contribution in [2.75, 3.05) is 6.54 Å². The van der Waals surface area contributed by atoms with E-state index in [2.05, 4.69) is 0 Å². The van der Waals surface area contributed by atoms with Crippen LogP contribution in [0.15, 0.2) is 29.2 Å². The highest BCUT2D eigenvalue weighted by molar-refractivity contribution is 7.89. The van der Waals surface area contributed by atoms with E-state index in [0.29, 0.717) is 0 Å². The Morgan fingerprint density at radius 3 is 2.12 bits per heavy atom. The van der Waals surface area contributed by atoms with Gasteiger partial charge in [0.1, 0.15) is 0 Å². The van der Waals surface area contributed by atoms with Gasteiger partial charge in [0.15, 0.2) is 0 Å². The Kier molecular flexibility index (Phi) is 2.54. The summed E-state index contributed by atoms with van der Waals surface area (Å²) in [6.45, 7) is 5.63. The predicted octanol–water partition coefficient (Wildman–Crippen LogP) is 1.55. The van der Waals surface area contributed by atoms with Crippen LogP contribution >= 0.6 is 0 Å². The van der Waals surface area contributed by atoms with Crippen molar-refractivity contribution in [3.63, 3.8) is 0 Å². The first-order valence-corrected chi connectivity index (χ1v) is 6.83. The molecule has 0 saturated carbocycles. The summed E-state index contributed by atoms with van der Waals surface area (Å²) in [6, 6.07) is 6.51. The minimum atomic E-state index is -3.66. The highest BCUT2D eigenvalue weighted by Gasteiger charge is 2.50. The number of amides is 1. The summed E-state index contributed by atoms with van der Waals surface area (Å²) in [5, 5.41) is 0. The molecule has 0 unspecified atom stereocenters. The van der Waals surface area contributed by atoms with Gasteiger partial charge in [0.2, 0.25) is 5.91 Å². The van der Waals surface area contributed by atoms with Crippen LogP contribution in [-0.4, -0.2) is 25.2 Å². The quantitative estimate of drug-likeness (QED) is 0.751. The van der Waals surface area contributed by atoms with Gasteiger partial charge in [-0.05, 0) is 32.9 Å². The smallest absolute Gasteiger partial charge is 0.266 e. The summed E-state index contributed by atoms with van der Waals surface area (Å²) in [4.78, 5) is 11.9. The van der Waals surface area contributed by atoms with Crippen LogP contribution < -0.4 is 0 Å². The third-order valence-electron chi connectivity index (χ3n) is 2.95. The third kappa shape index (κ3) is 1.84. The van der Waals surface area contributed by atoms with Crippen molar-refractivity contribution in [3.05, 3.63) is 29.8 Å². The van der Waals surface area contributed by atoms with Gasteiger partial charge >= 0.3 is 0 Å². The first-order chi connectivity index (χ1) is 7.75. The fourth-order valence-corrected chi connectivity index (χ4v) is 3.47. The van der Waals surface area contributed by atoms with Crippen molar-refractivity contribution in [3.8, 4) is 0 Å². The zero-order valence-electron chi connectivity index (χ0n) is 10.1. The Hall–Kier alpha value is -1.36. The van der Waals surface area contributed by atoms with E-state index in [1.165, 1.54) is 12.1 Å². The summed E-state index contributed by atoms with van der Waals surface area (Å²) in [7, 11) is -3.66. The maximum Gasteiger partial charge on any atom is 0.266 e. The fourth-order valence-electron chi connectivity index (χ4n) is 1.78. The van der Waals surface area contributed by atoms with E-state index in [4.69, 9.17) is 0 Å². The van der Waals surface area contributed by atoms with E-state index in [9.17, 15) is 13.2 Å². The average Bonchev–Trinajstić information content (AvgIpc) is 2.26. The Morgan fingerprint density at radius 2 is 1.71 bits per heavy atom. The molecule has 0 spiro atoms. The average molecular weight is 253 g/mol. The molecule has 2 rings (SSSR count). The van der Waals surface area contributed by atoms with Gasteiger partial charge in [-0.1, -0.05) is 17.7 Å². The second-order valence-electron chi connectivity index (χ2n) is 5.01. The Bertz CT molecular complexity index is 558. The highest BCUT2D eigenvalue weighted by Crippen LogP contribution is 2.35. The number of aryl methyl sites for hydroxylation is 1. The number of sulfonamides is 1. The molecule has 1 saturated heterocycles. The topological polar surface area (TPSA) is 54.5 Å². The zero-order valence-corrected chi connectivity index (χ0v) is 10.9. The lowest BCUT2D eigenvalue weighted by molar-refractivity contribution is -0.147. The molecule has 5 heteroatoms. The molecular formula is C12H15NO3S. The normalized spacial score (nSPS) is 19.0. The number of rotatable bonds is 2. The Morgan fingerprint density at radius 1 is 1.18 bits per heavy atom. The number of benzene rings is 1. The third-order valence-corrected chi connectivity index (χ3v) is 4.70. The van der Waals surface area contributed by atoms with E-state index in [1.54, 1.807) is 26.0 Å². The minimum absolute atomic E-state index is 0.173. The lowest BCUT2D eigenvalue weighted by Gasteiger charge is -2.43. The van der Waals surface area contributed by atoms with Gasteiger partial charge in [0.05, 0.1) is 16.9 Å². The molecule has 0 aromatic heterocycles. The summed E-state index contributed by atoms with van der Waals surface area (Å²) in [5.74, 6) is -0.335. The van der Waals surface area contributed by atoms with Crippen LogP contribution in [-0.2, 0) is 14.8 Å². The number of carbonyl (C=O) groups is 1. The van der Waals surface area contributed by atoms with Crippen LogP contribution in [0.5, 0.6) is 0 Å². The molecule has 0 atom stereocenters. The van der Waals surface area contributed by atoms with E-state index in [-0.39, 0.29) is 17.3 Å². The van der Waals surface area contributed by atoms with Crippen molar-refractivity contribution >= 4 is 15.9 Å². The molecule has 0 bridgehead atoms. The standard InChI is InChI=1S/C12H15NO3S/c1-9-4-6-10(7-5-9)17(15,16)13-8-12(2,3)11(13)14/h4-7H,8H2,1-3H3. The van der Waals surface area contributed by atoms with E-state index in [1.807, 2.05) is 6.92 Å². The van der Waals surface area contributed by atoms with Crippen LogP contribution in [0, 0.1) is 12.3 Å². The molecule has 0 radical (unpaired) electrons. The van der Waals surface area contributed by atoms with Crippen LogP contribution in [0.2, 0.25) is 0 Å². The molecule has 0 aliphatic carbocycles. The first kappa shape index (κ1) is 12.1. The first-order valence-electron chi connectivity index (χ1n) is 5.39. The van der Waals surface area contributed by atoms with Gasteiger partial charge in [0.25, 0.3) is 10.0 Å². The molecule has 1 heterocycles. The predicted molar refractivity (Wildman–Crippen MR) is 63.9 cm³/mol. The molecule has 1 aromatic carbocycles. The summed E-state index contributed by atoms with van der Waals surface area (Å²) >= 11 is 0. The van der Waals surface area contributed by atoms with Crippen LogP contribution in [0.4, 0.5) is 0 Å². The molecule has 0 N–H and O–H groups in total. The monoisotopic (exact) mass is 253 g/mol. The van der Waals surface area contributed by atoms with Gasteiger partial charge in [0, 0.05) is 0 Å². The van der Waals surface area contributed by atoms with Crippen LogP contribution in [0.25, 0.3) is 0 Å². The fraction of sp³-hybridized carbons (Fsp3) is 0.417. The number of hydrogen-bond acceptors (Lipinski definition) is 3. The molecule has 1 aromatic rings. The largest absolute Gasteiger partial charge is 0.273 e. The van der Waals surface area contributed by atoms with E-state index in [0.717, 1.165) is 9.87 Å². The minimum Gasteiger partial charge on any atom is -0.273 e. The highest BCUT2D eigenvalue weighted by atomic mass is 32.2.